The summed E-state index contributed by atoms with van der Waals surface area (Å²) in [4.78, 5) is 30.7. The molecular weight excluding hydrogens is 288 g/mol. The van der Waals surface area contributed by atoms with Crippen LogP contribution in [0.25, 0.3) is 0 Å². The van der Waals surface area contributed by atoms with Gasteiger partial charge in [0.2, 0.25) is 11.8 Å². The maximum atomic E-state index is 11.8. The average molecular weight is 299 g/mol. The van der Waals surface area contributed by atoms with Gasteiger partial charge in [-0.15, -0.1) is 0 Å². The molecule has 0 aliphatic carbocycles. The zero-order valence-electron chi connectivity index (χ0n) is 8.94. The first-order valence-corrected chi connectivity index (χ1v) is 5.99. The van der Waals surface area contributed by atoms with Crippen molar-refractivity contribution >= 4 is 33.6 Å². The Bertz CT molecular complexity index is 424. The minimum Gasteiger partial charge on any atom is -0.355 e. The Hall–Kier alpha value is -1.50. The number of rotatable bonds is 2. The van der Waals surface area contributed by atoms with Crippen LogP contribution in [-0.4, -0.2) is 28.3 Å². The Labute approximate surface area is 106 Å². The summed E-state index contributed by atoms with van der Waals surface area (Å²) in [6.45, 7) is 0.384. The third kappa shape index (κ3) is 3.23. The minimum absolute atomic E-state index is 0.00233. The predicted molar refractivity (Wildman–Crippen MR) is 64.1 cm³/mol. The second-order valence-corrected chi connectivity index (χ2v) is 4.57. The Morgan fingerprint density at radius 1 is 1.47 bits per heavy atom. The number of halogens is 1. The van der Waals surface area contributed by atoms with Gasteiger partial charge < -0.3 is 10.6 Å². The van der Waals surface area contributed by atoms with Crippen molar-refractivity contribution in [1.29, 1.82) is 0 Å². The molecule has 0 bridgehead atoms. The van der Waals surface area contributed by atoms with Crippen molar-refractivity contribution in [1.82, 2.24) is 15.3 Å². The Balaban J connectivity index is 1.92. The van der Waals surface area contributed by atoms with Crippen molar-refractivity contribution in [3.05, 3.63) is 17.0 Å². The fourth-order valence-corrected chi connectivity index (χ4v) is 1.77. The SMILES string of the molecule is O=C1CCC(C(=O)Nc2cnc(Br)cn2)CN1. The summed E-state index contributed by atoms with van der Waals surface area (Å²) in [5, 5.41) is 5.33. The normalized spacial score (nSPS) is 19.6. The first-order valence-electron chi connectivity index (χ1n) is 5.20. The maximum absolute atomic E-state index is 11.8. The number of anilines is 1. The molecule has 2 amide bonds. The number of hydrogen-bond donors (Lipinski definition) is 2. The summed E-state index contributed by atoms with van der Waals surface area (Å²) in [6, 6.07) is 0. The zero-order chi connectivity index (χ0) is 12.3. The van der Waals surface area contributed by atoms with Crippen LogP contribution < -0.4 is 10.6 Å². The van der Waals surface area contributed by atoms with Gasteiger partial charge in [-0.2, -0.15) is 0 Å². The van der Waals surface area contributed by atoms with Crippen LogP contribution in [0.1, 0.15) is 12.8 Å². The van der Waals surface area contributed by atoms with Crippen LogP contribution in [0.15, 0.2) is 17.0 Å². The number of nitrogens with zero attached hydrogens (tertiary/aromatic N) is 2. The van der Waals surface area contributed by atoms with Gasteiger partial charge in [0.1, 0.15) is 4.60 Å². The zero-order valence-corrected chi connectivity index (χ0v) is 10.5. The van der Waals surface area contributed by atoms with E-state index in [1.807, 2.05) is 0 Å². The van der Waals surface area contributed by atoms with Crippen molar-refractivity contribution < 1.29 is 9.59 Å². The molecule has 1 atom stereocenters. The van der Waals surface area contributed by atoms with Gasteiger partial charge in [0.05, 0.1) is 18.3 Å². The molecule has 0 radical (unpaired) electrons. The standard InChI is InChI=1S/C10H11BrN4O2/c11-7-4-13-8(5-12-7)15-10(17)6-1-2-9(16)14-3-6/h4-6H,1-3H2,(H,14,16)(H,13,15,17). The van der Waals surface area contributed by atoms with Crippen LogP contribution in [0.2, 0.25) is 0 Å². The fraction of sp³-hybridized carbons (Fsp3) is 0.400. The average Bonchev–Trinajstić information content (AvgIpc) is 2.33. The molecule has 2 heterocycles. The van der Waals surface area contributed by atoms with Crippen LogP contribution in [0.5, 0.6) is 0 Å². The topological polar surface area (TPSA) is 84.0 Å². The number of aromatic nitrogens is 2. The van der Waals surface area contributed by atoms with Gasteiger partial charge in [0.15, 0.2) is 5.82 Å². The molecule has 1 aromatic heterocycles. The Morgan fingerprint density at radius 2 is 2.29 bits per heavy atom. The number of carbonyl (C=O) groups is 2. The van der Waals surface area contributed by atoms with Gasteiger partial charge >= 0.3 is 0 Å². The number of amides is 2. The van der Waals surface area contributed by atoms with Gasteiger partial charge in [0, 0.05) is 13.0 Å². The van der Waals surface area contributed by atoms with Crippen LogP contribution in [0, 0.1) is 5.92 Å². The summed E-state index contributed by atoms with van der Waals surface area (Å²) < 4.78 is 0.612. The lowest BCUT2D eigenvalue weighted by Gasteiger charge is -2.21. The van der Waals surface area contributed by atoms with Gasteiger partial charge in [-0.3, -0.25) is 9.59 Å². The van der Waals surface area contributed by atoms with Gasteiger partial charge in [-0.25, -0.2) is 9.97 Å². The van der Waals surface area contributed by atoms with Crippen LogP contribution in [0.3, 0.4) is 0 Å². The lowest BCUT2D eigenvalue weighted by Crippen LogP contribution is -2.40. The highest BCUT2D eigenvalue weighted by Crippen LogP contribution is 2.13. The van der Waals surface area contributed by atoms with E-state index in [4.69, 9.17) is 0 Å². The van der Waals surface area contributed by atoms with E-state index in [0.717, 1.165) is 0 Å². The molecule has 7 heteroatoms. The highest BCUT2D eigenvalue weighted by molar-refractivity contribution is 9.10. The molecule has 1 aliphatic heterocycles. The molecule has 17 heavy (non-hydrogen) atoms. The molecule has 1 saturated heterocycles. The van der Waals surface area contributed by atoms with E-state index in [1.165, 1.54) is 12.4 Å². The second kappa shape index (κ2) is 5.22. The van der Waals surface area contributed by atoms with Gasteiger partial charge in [-0.05, 0) is 22.4 Å². The second-order valence-electron chi connectivity index (χ2n) is 3.75. The lowest BCUT2D eigenvalue weighted by molar-refractivity contribution is -0.126. The third-order valence-electron chi connectivity index (χ3n) is 2.51. The van der Waals surface area contributed by atoms with E-state index in [2.05, 4.69) is 36.5 Å². The van der Waals surface area contributed by atoms with Gasteiger partial charge in [0.25, 0.3) is 0 Å². The predicted octanol–water partition coefficient (Wildman–Crippen LogP) is 0.704. The highest BCUT2D eigenvalue weighted by Gasteiger charge is 2.24. The quantitative estimate of drug-likeness (QED) is 0.842. The maximum Gasteiger partial charge on any atom is 0.230 e. The first-order chi connectivity index (χ1) is 8.15. The summed E-state index contributed by atoms with van der Waals surface area (Å²) >= 11 is 3.16. The van der Waals surface area contributed by atoms with E-state index in [9.17, 15) is 9.59 Å². The molecule has 1 fully saturated rings. The van der Waals surface area contributed by atoms with E-state index >= 15 is 0 Å². The molecule has 2 rings (SSSR count). The highest BCUT2D eigenvalue weighted by atomic mass is 79.9. The number of nitrogens with one attached hydrogen (secondary N) is 2. The largest absolute Gasteiger partial charge is 0.355 e. The molecule has 0 saturated carbocycles. The summed E-state index contributed by atoms with van der Waals surface area (Å²) in [7, 11) is 0. The molecule has 6 nitrogen and oxygen atoms in total. The Morgan fingerprint density at radius 3 is 2.88 bits per heavy atom. The first kappa shape index (κ1) is 12.0. The van der Waals surface area contributed by atoms with Crippen molar-refractivity contribution in [3.63, 3.8) is 0 Å². The smallest absolute Gasteiger partial charge is 0.230 e. The number of carbonyl (C=O) groups excluding carboxylic acids is 2. The van der Waals surface area contributed by atoms with E-state index in [1.54, 1.807) is 0 Å². The molecule has 1 unspecified atom stereocenters. The van der Waals surface area contributed by atoms with Gasteiger partial charge in [-0.1, -0.05) is 0 Å². The van der Waals surface area contributed by atoms with E-state index in [-0.39, 0.29) is 17.7 Å². The fourth-order valence-electron chi connectivity index (χ4n) is 1.56. The van der Waals surface area contributed by atoms with Crippen molar-refractivity contribution in [2.24, 2.45) is 5.92 Å². The molecule has 1 aliphatic rings. The summed E-state index contributed by atoms with van der Waals surface area (Å²) in [6.07, 6.45) is 3.95. The summed E-state index contributed by atoms with van der Waals surface area (Å²) in [5.41, 5.74) is 0. The number of hydrogen-bond acceptors (Lipinski definition) is 4. The van der Waals surface area contributed by atoms with Crippen LogP contribution in [0.4, 0.5) is 5.82 Å². The molecule has 2 N–H and O–H groups in total. The third-order valence-corrected chi connectivity index (χ3v) is 2.92. The molecule has 0 aromatic carbocycles. The van der Waals surface area contributed by atoms with Crippen LogP contribution in [-0.2, 0) is 9.59 Å². The Kier molecular flexibility index (Phi) is 3.68. The molecular formula is C10H11BrN4O2. The lowest BCUT2D eigenvalue weighted by atomic mass is 9.98. The number of piperidine rings is 1. The monoisotopic (exact) mass is 298 g/mol. The molecule has 1 aromatic rings. The van der Waals surface area contributed by atoms with E-state index < -0.39 is 0 Å². The minimum atomic E-state index is -0.196. The molecule has 0 spiro atoms. The van der Waals surface area contributed by atoms with E-state index in [0.29, 0.717) is 29.8 Å². The summed E-state index contributed by atoms with van der Waals surface area (Å²) in [5.74, 6) is 0.0763. The van der Waals surface area contributed by atoms with Crippen molar-refractivity contribution in [3.8, 4) is 0 Å². The van der Waals surface area contributed by atoms with Crippen molar-refractivity contribution in [2.75, 3.05) is 11.9 Å². The van der Waals surface area contributed by atoms with Crippen LogP contribution >= 0.6 is 15.9 Å². The molecule has 90 valence electrons. The van der Waals surface area contributed by atoms with Crippen molar-refractivity contribution in [2.45, 2.75) is 12.8 Å².